The number of hydrogen-bond acceptors (Lipinski definition) is 3. The predicted octanol–water partition coefficient (Wildman–Crippen LogP) is 3.46. The van der Waals surface area contributed by atoms with Gasteiger partial charge in [-0.3, -0.25) is 9.59 Å². The summed E-state index contributed by atoms with van der Waals surface area (Å²) in [5, 5.41) is 4.80. The zero-order chi connectivity index (χ0) is 20.1. The van der Waals surface area contributed by atoms with E-state index in [0.717, 1.165) is 37.7 Å². The average Bonchev–Trinajstić information content (AvgIpc) is 2.71. The number of nitrogens with one attached hydrogen (secondary N) is 2. The molecule has 5 nitrogen and oxygen atoms in total. The molecule has 8 heteroatoms. The zero-order valence-corrected chi connectivity index (χ0v) is 15.1. The van der Waals surface area contributed by atoms with Crippen LogP contribution in [0.25, 0.3) is 0 Å². The standard InChI is InChI=1S/C20H20F3N3O2/c21-16-9-8-15(18(22)19(16)23)20(28)24-12-17(27)25-13-4-6-14(7-5-13)26-10-2-1-3-11-26/h4-9H,1-3,10-12H2,(H,24,28)(H,25,27). The lowest BCUT2D eigenvalue weighted by atomic mass is 10.1. The van der Waals surface area contributed by atoms with E-state index < -0.39 is 41.4 Å². The van der Waals surface area contributed by atoms with Crippen LogP contribution in [0, 0.1) is 17.5 Å². The molecule has 2 amide bonds. The van der Waals surface area contributed by atoms with Crippen molar-refractivity contribution in [2.45, 2.75) is 19.3 Å². The molecule has 0 bridgehead atoms. The molecule has 2 aromatic carbocycles. The highest BCUT2D eigenvalue weighted by Crippen LogP contribution is 2.21. The molecule has 0 aliphatic carbocycles. The van der Waals surface area contributed by atoms with Crippen molar-refractivity contribution in [2.75, 3.05) is 29.9 Å². The van der Waals surface area contributed by atoms with Gasteiger partial charge in [0.2, 0.25) is 5.91 Å². The number of benzene rings is 2. The van der Waals surface area contributed by atoms with Gasteiger partial charge < -0.3 is 15.5 Å². The van der Waals surface area contributed by atoms with E-state index in [-0.39, 0.29) is 0 Å². The van der Waals surface area contributed by atoms with Crippen LogP contribution in [0.15, 0.2) is 36.4 Å². The summed E-state index contributed by atoms with van der Waals surface area (Å²) >= 11 is 0. The van der Waals surface area contributed by atoms with Crippen LogP contribution in [0.3, 0.4) is 0 Å². The third-order valence-electron chi connectivity index (χ3n) is 4.56. The van der Waals surface area contributed by atoms with Crippen molar-refractivity contribution in [3.05, 3.63) is 59.4 Å². The van der Waals surface area contributed by atoms with Gasteiger partial charge in [-0.1, -0.05) is 0 Å². The zero-order valence-electron chi connectivity index (χ0n) is 15.1. The molecule has 0 radical (unpaired) electrons. The van der Waals surface area contributed by atoms with Crippen molar-refractivity contribution in [1.82, 2.24) is 5.32 Å². The monoisotopic (exact) mass is 391 g/mol. The Hall–Kier alpha value is -3.03. The molecule has 2 aromatic rings. The lowest BCUT2D eigenvalue weighted by molar-refractivity contribution is -0.115. The molecule has 0 aromatic heterocycles. The summed E-state index contributed by atoms with van der Waals surface area (Å²) in [4.78, 5) is 26.1. The van der Waals surface area contributed by atoms with Gasteiger partial charge in [0, 0.05) is 24.5 Å². The van der Waals surface area contributed by atoms with Gasteiger partial charge in [-0.05, 0) is 55.7 Å². The van der Waals surface area contributed by atoms with E-state index in [9.17, 15) is 22.8 Å². The number of hydrogen-bond donors (Lipinski definition) is 2. The molecular formula is C20H20F3N3O2. The normalized spacial score (nSPS) is 13.9. The number of nitrogens with zero attached hydrogens (tertiary/aromatic N) is 1. The van der Waals surface area contributed by atoms with Crippen LogP contribution in [0.4, 0.5) is 24.5 Å². The lowest BCUT2D eigenvalue weighted by Crippen LogP contribution is -2.33. The van der Waals surface area contributed by atoms with Crippen LogP contribution in [0.5, 0.6) is 0 Å². The number of anilines is 2. The summed E-state index contributed by atoms with van der Waals surface area (Å²) in [5.74, 6) is -6.24. The molecule has 0 atom stereocenters. The third kappa shape index (κ3) is 4.62. The van der Waals surface area contributed by atoms with E-state index >= 15 is 0 Å². The van der Waals surface area contributed by atoms with Gasteiger partial charge in [0.15, 0.2) is 17.5 Å². The molecule has 1 fully saturated rings. The molecule has 1 heterocycles. The fourth-order valence-electron chi connectivity index (χ4n) is 3.07. The molecule has 3 rings (SSSR count). The fourth-order valence-corrected chi connectivity index (χ4v) is 3.07. The molecule has 1 saturated heterocycles. The highest BCUT2D eigenvalue weighted by molar-refractivity contribution is 5.99. The topological polar surface area (TPSA) is 61.4 Å². The maximum Gasteiger partial charge on any atom is 0.254 e. The molecule has 148 valence electrons. The quantitative estimate of drug-likeness (QED) is 0.768. The summed E-state index contributed by atoms with van der Waals surface area (Å²) in [7, 11) is 0. The highest BCUT2D eigenvalue weighted by atomic mass is 19.2. The predicted molar refractivity (Wildman–Crippen MR) is 99.8 cm³/mol. The number of piperidine rings is 1. The van der Waals surface area contributed by atoms with Gasteiger partial charge in [0.1, 0.15) is 0 Å². The molecule has 28 heavy (non-hydrogen) atoms. The van der Waals surface area contributed by atoms with Crippen molar-refractivity contribution in [3.8, 4) is 0 Å². The minimum atomic E-state index is -1.73. The van der Waals surface area contributed by atoms with Gasteiger partial charge in [-0.15, -0.1) is 0 Å². The van der Waals surface area contributed by atoms with Crippen LogP contribution in [-0.4, -0.2) is 31.4 Å². The molecule has 2 N–H and O–H groups in total. The molecule has 1 aliphatic rings. The Kier molecular flexibility index (Phi) is 6.18. The summed E-state index contributed by atoms with van der Waals surface area (Å²) < 4.78 is 39.7. The van der Waals surface area contributed by atoms with Crippen molar-refractivity contribution < 1.29 is 22.8 Å². The van der Waals surface area contributed by atoms with E-state index in [1.807, 2.05) is 12.1 Å². The number of carbonyl (C=O) groups is 2. The van der Waals surface area contributed by atoms with Crippen LogP contribution >= 0.6 is 0 Å². The number of rotatable bonds is 5. The van der Waals surface area contributed by atoms with Crippen LogP contribution in [0.1, 0.15) is 29.6 Å². The van der Waals surface area contributed by atoms with Gasteiger partial charge in [-0.25, -0.2) is 13.2 Å². The number of amides is 2. The maximum absolute atomic E-state index is 13.6. The molecule has 0 spiro atoms. The fraction of sp³-hybridized carbons (Fsp3) is 0.300. The first-order valence-corrected chi connectivity index (χ1v) is 9.02. The third-order valence-corrected chi connectivity index (χ3v) is 4.56. The van der Waals surface area contributed by atoms with Crippen molar-refractivity contribution in [2.24, 2.45) is 0 Å². The lowest BCUT2D eigenvalue weighted by Gasteiger charge is -2.28. The van der Waals surface area contributed by atoms with Crippen molar-refractivity contribution in [3.63, 3.8) is 0 Å². The van der Waals surface area contributed by atoms with Gasteiger partial charge in [0.25, 0.3) is 5.91 Å². The van der Waals surface area contributed by atoms with Crippen LogP contribution < -0.4 is 15.5 Å². The Morgan fingerprint density at radius 3 is 2.25 bits per heavy atom. The second kappa shape index (κ2) is 8.77. The summed E-state index contributed by atoms with van der Waals surface area (Å²) in [6, 6.07) is 8.82. The number of carbonyl (C=O) groups excluding carboxylic acids is 2. The summed E-state index contributed by atoms with van der Waals surface area (Å²) in [5.41, 5.74) is 0.969. The first-order chi connectivity index (χ1) is 13.5. The maximum atomic E-state index is 13.6. The van der Waals surface area contributed by atoms with Gasteiger partial charge in [0.05, 0.1) is 12.1 Å². The van der Waals surface area contributed by atoms with Crippen LogP contribution in [0.2, 0.25) is 0 Å². The Bertz CT molecular complexity index is 866. The number of halogens is 3. The minimum Gasteiger partial charge on any atom is -0.372 e. The molecule has 0 unspecified atom stereocenters. The summed E-state index contributed by atoms with van der Waals surface area (Å²) in [6.45, 7) is 1.59. The first kappa shape index (κ1) is 19.7. The highest BCUT2D eigenvalue weighted by Gasteiger charge is 2.19. The minimum absolute atomic E-state index is 0.439. The molecule has 0 saturated carbocycles. The molecule has 1 aliphatic heterocycles. The Morgan fingerprint density at radius 2 is 1.57 bits per heavy atom. The summed E-state index contributed by atoms with van der Waals surface area (Å²) in [6.07, 6.45) is 3.57. The first-order valence-electron chi connectivity index (χ1n) is 9.02. The van der Waals surface area contributed by atoms with E-state index in [1.165, 1.54) is 6.42 Å². The van der Waals surface area contributed by atoms with Gasteiger partial charge >= 0.3 is 0 Å². The Morgan fingerprint density at radius 1 is 0.893 bits per heavy atom. The Balaban J connectivity index is 1.53. The van der Waals surface area contributed by atoms with E-state index in [2.05, 4.69) is 15.5 Å². The van der Waals surface area contributed by atoms with E-state index in [4.69, 9.17) is 0 Å². The van der Waals surface area contributed by atoms with E-state index in [0.29, 0.717) is 11.8 Å². The van der Waals surface area contributed by atoms with Crippen molar-refractivity contribution >= 4 is 23.2 Å². The van der Waals surface area contributed by atoms with E-state index in [1.54, 1.807) is 12.1 Å². The molecular weight excluding hydrogens is 371 g/mol. The second-order valence-electron chi connectivity index (χ2n) is 6.55. The van der Waals surface area contributed by atoms with Crippen molar-refractivity contribution in [1.29, 1.82) is 0 Å². The second-order valence-corrected chi connectivity index (χ2v) is 6.55. The average molecular weight is 391 g/mol. The SMILES string of the molecule is O=C(CNC(=O)c1ccc(F)c(F)c1F)Nc1ccc(N2CCCCC2)cc1. The van der Waals surface area contributed by atoms with Crippen LogP contribution in [-0.2, 0) is 4.79 Å². The Labute approximate surface area is 160 Å². The van der Waals surface area contributed by atoms with Gasteiger partial charge in [-0.2, -0.15) is 0 Å². The largest absolute Gasteiger partial charge is 0.372 e. The smallest absolute Gasteiger partial charge is 0.254 e.